The Labute approximate surface area is 123 Å². The molecule has 0 saturated heterocycles. The van der Waals surface area contributed by atoms with Crippen molar-refractivity contribution >= 4 is 23.2 Å². The Morgan fingerprint density at radius 2 is 1.86 bits per heavy atom. The van der Waals surface area contributed by atoms with E-state index in [1.807, 2.05) is 0 Å². The Morgan fingerprint density at radius 1 is 1.29 bits per heavy atom. The van der Waals surface area contributed by atoms with Gasteiger partial charge in [0.25, 0.3) is 0 Å². The number of alkyl halides is 3. The highest BCUT2D eigenvalue weighted by molar-refractivity contribution is 7.12. The van der Waals surface area contributed by atoms with Gasteiger partial charge in [-0.2, -0.15) is 13.2 Å². The lowest BCUT2D eigenvalue weighted by atomic mass is 10.2. The molecule has 1 amide bonds. The summed E-state index contributed by atoms with van der Waals surface area (Å²) in [5, 5.41) is 1.10. The highest BCUT2D eigenvalue weighted by atomic mass is 32.1. The van der Waals surface area contributed by atoms with Crippen LogP contribution < -0.4 is 5.32 Å². The summed E-state index contributed by atoms with van der Waals surface area (Å²) < 4.78 is 42.4. The van der Waals surface area contributed by atoms with Gasteiger partial charge in [-0.05, 0) is 27.7 Å². The Hall–Kier alpha value is -1.64. The first-order valence-electron chi connectivity index (χ1n) is 5.95. The number of aromatic nitrogens is 1. The largest absolute Gasteiger partial charge is 0.444 e. The third-order valence-electron chi connectivity index (χ3n) is 2.10. The number of rotatable bonds is 3. The van der Waals surface area contributed by atoms with E-state index in [4.69, 9.17) is 4.74 Å². The number of hydrogen-bond acceptors (Lipinski definition) is 5. The monoisotopic (exact) mass is 324 g/mol. The van der Waals surface area contributed by atoms with E-state index >= 15 is 0 Å². The van der Waals surface area contributed by atoms with Gasteiger partial charge in [-0.25, -0.2) is 9.78 Å². The molecule has 0 spiro atoms. The first-order valence-corrected chi connectivity index (χ1v) is 6.76. The van der Waals surface area contributed by atoms with Crippen LogP contribution in [0.5, 0.6) is 0 Å². The van der Waals surface area contributed by atoms with Gasteiger partial charge in [-0.1, -0.05) is 0 Å². The number of aryl methyl sites for hydroxylation is 1. The number of nitrogens with zero attached hydrogens (tertiary/aromatic N) is 1. The number of alkyl carbamates (subject to hydrolysis) is 1. The molecule has 1 aromatic heterocycles. The van der Waals surface area contributed by atoms with Crippen molar-refractivity contribution in [1.29, 1.82) is 0 Å². The van der Waals surface area contributed by atoms with Gasteiger partial charge >= 0.3 is 12.3 Å². The molecular weight excluding hydrogens is 309 g/mol. The van der Waals surface area contributed by atoms with Crippen LogP contribution in [0, 0.1) is 6.92 Å². The highest BCUT2D eigenvalue weighted by Crippen LogP contribution is 2.33. The number of halogens is 3. The summed E-state index contributed by atoms with van der Waals surface area (Å²) in [5.41, 5.74) is -1.02. The summed E-state index contributed by atoms with van der Waals surface area (Å²) in [4.78, 5) is 26.6. The van der Waals surface area contributed by atoms with Crippen LogP contribution in [0.1, 0.15) is 41.1 Å². The second kappa shape index (κ2) is 6.00. The fraction of sp³-hybridized carbons (Fsp3) is 0.583. The van der Waals surface area contributed by atoms with E-state index in [0.717, 1.165) is 0 Å². The molecule has 1 N–H and O–H groups in total. The number of carbonyl (C=O) groups excluding carboxylic acids is 2. The summed E-state index contributed by atoms with van der Waals surface area (Å²) in [6, 6.07) is 0. The molecule has 1 aromatic rings. The highest BCUT2D eigenvalue weighted by Gasteiger charge is 2.36. The molecule has 0 fully saturated rings. The summed E-state index contributed by atoms with van der Waals surface area (Å²) in [6.07, 6.45) is -5.41. The first kappa shape index (κ1) is 17.4. The topological polar surface area (TPSA) is 68.3 Å². The minimum absolute atomic E-state index is 0.151. The molecule has 118 valence electrons. The number of amides is 1. The van der Waals surface area contributed by atoms with Gasteiger partial charge in [0.05, 0.1) is 6.54 Å². The van der Waals surface area contributed by atoms with Crippen molar-refractivity contribution in [3.05, 3.63) is 15.6 Å². The van der Waals surface area contributed by atoms with Crippen molar-refractivity contribution in [3.8, 4) is 0 Å². The minimum Gasteiger partial charge on any atom is -0.444 e. The van der Waals surface area contributed by atoms with Crippen LogP contribution >= 0.6 is 11.3 Å². The predicted octanol–water partition coefficient (Wildman–Crippen LogP) is 3.18. The third-order valence-corrected chi connectivity index (χ3v) is 3.11. The van der Waals surface area contributed by atoms with E-state index in [2.05, 4.69) is 10.3 Å². The maximum absolute atomic E-state index is 12.5. The van der Waals surface area contributed by atoms with Gasteiger partial charge < -0.3 is 10.1 Å². The first-order chi connectivity index (χ1) is 9.40. The van der Waals surface area contributed by atoms with Crippen LogP contribution in [-0.2, 0) is 10.9 Å². The summed E-state index contributed by atoms with van der Waals surface area (Å²) in [7, 11) is 0. The number of ether oxygens (including phenoxy) is 1. The molecule has 21 heavy (non-hydrogen) atoms. The van der Waals surface area contributed by atoms with E-state index < -0.39 is 35.2 Å². The molecule has 1 heterocycles. The molecule has 0 aliphatic rings. The Balaban J connectivity index is 2.69. The number of ketones is 1. The molecule has 0 atom stereocenters. The lowest BCUT2D eigenvalue weighted by Gasteiger charge is -2.19. The van der Waals surface area contributed by atoms with Crippen molar-refractivity contribution in [2.24, 2.45) is 0 Å². The average molecular weight is 324 g/mol. The quantitative estimate of drug-likeness (QED) is 0.867. The molecule has 0 saturated carbocycles. The standard InChI is InChI=1S/C12H15F3N2O3S/c1-6-8(17-9(21-6)12(13,14)15)7(18)5-16-10(19)20-11(2,3)4/h5H2,1-4H3,(H,16,19). The smallest absolute Gasteiger partial charge is 0.443 e. The van der Waals surface area contributed by atoms with E-state index in [1.54, 1.807) is 20.8 Å². The van der Waals surface area contributed by atoms with E-state index in [1.165, 1.54) is 6.92 Å². The van der Waals surface area contributed by atoms with Crippen molar-refractivity contribution in [2.45, 2.75) is 39.5 Å². The van der Waals surface area contributed by atoms with Gasteiger partial charge in [-0.15, -0.1) is 11.3 Å². The number of hydrogen-bond donors (Lipinski definition) is 1. The van der Waals surface area contributed by atoms with E-state index in [9.17, 15) is 22.8 Å². The Morgan fingerprint density at radius 3 is 2.29 bits per heavy atom. The summed E-state index contributed by atoms with van der Waals surface area (Å²) >= 11 is 0.393. The second-order valence-electron chi connectivity index (χ2n) is 5.20. The lowest BCUT2D eigenvalue weighted by Crippen LogP contribution is -2.35. The van der Waals surface area contributed by atoms with Gasteiger partial charge in [0.2, 0.25) is 5.78 Å². The molecule has 0 unspecified atom stereocenters. The zero-order valence-electron chi connectivity index (χ0n) is 11.9. The van der Waals surface area contributed by atoms with Crippen molar-refractivity contribution in [2.75, 3.05) is 6.54 Å². The molecule has 0 aliphatic heterocycles. The zero-order valence-corrected chi connectivity index (χ0v) is 12.7. The number of thiazole rings is 1. The van der Waals surface area contributed by atoms with Crippen LogP contribution in [-0.4, -0.2) is 29.0 Å². The third kappa shape index (κ3) is 5.33. The molecule has 0 radical (unpaired) electrons. The van der Waals surface area contributed by atoms with Crippen LogP contribution in [0.15, 0.2) is 0 Å². The lowest BCUT2D eigenvalue weighted by molar-refractivity contribution is -0.137. The van der Waals surface area contributed by atoms with Crippen LogP contribution in [0.25, 0.3) is 0 Å². The molecule has 9 heteroatoms. The Bertz CT molecular complexity index is 547. The maximum Gasteiger partial charge on any atom is 0.443 e. The normalized spacial score (nSPS) is 12.1. The summed E-state index contributed by atoms with van der Waals surface area (Å²) in [6.45, 7) is 5.84. The molecule has 5 nitrogen and oxygen atoms in total. The van der Waals surface area contributed by atoms with Crippen LogP contribution in [0.2, 0.25) is 0 Å². The predicted molar refractivity (Wildman–Crippen MR) is 70.4 cm³/mol. The van der Waals surface area contributed by atoms with Gasteiger partial charge in [-0.3, -0.25) is 4.79 Å². The maximum atomic E-state index is 12.5. The average Bonchev–Trinajstić information content (AvgIpc) is 2.65. The number of Topliss-reactive ketones (excluding diaryl/α,β-unsaturated/α-hetero) is 1. The molecule has 0 aliphatic carbocycles. The molecular formula is C12H15F3N2O3S. The minimum atomic E-state index is -4.59. The Kier molecular flexibility index (Phi) is 4.98. The van der Waals surface area contributed by atoms with Crippen LogP contribution in [0.3, 0.4) is 0 Å². The molecule has 1 rings (SSSR count). The number of carbonyl (C=O) groups is 2. The van der Waals surface area contributed by atoms with Gasteiger partial charge in [0, 0.05) is 4.88 Å². The number of nitrogens with one attached hydrogen (secondary N) is 1. The molecule has 0 aromatic carbocycles. The van der Waals surface area contributed by atoms with Crippen molar-refractivity contribution in [3.63, 3.8) is 0 Å². The van der Waals surface area contributed by atoms with Crippen molar-refractivity contribution < 1.29 is 27.5 Å². The van der Waals surface area contributed by atoms with Gasteiger partial charge in [0.1, 0.15) is 11.3 Å². The van der Waals surface area contributed by atoms with Gasteiger partial charge in [0.15, 0.2) is 5.01 Å². The van der Waals surface area contributed by atoms with Crippen molar-refractivity contribution in [1.82, 2.24) is 10.3 Å². The van der Waals surface area contributed by atoms with E-state index in [0.29, 0.717) is 11.3 Å². The molecule has 0 bridgehead atoms. The summed E-state index contributed by atoms with van der Waals surface area (Å²) in [5.74, 6) is -0.704. The van der Waals surface area contributed by atoms with E-state index in [-0.39, 0.29) is 10.6 Å². The van der Waals surface area contributed by atoms with Crippen LogP contribution in [0.4, 0.5) is 18.0 Å². The fourth-order valence-electron chi connectivity index (χ4n) is 1.33. The fourth-order valence-corrected chi connectivity index (χ4v) is 2.13. The second-order valence-corrected chi connectivity index (χ2v) is 6.40. The SMILES string of the molecule is Cc1sc(C(F)(F)F)nc1C(=O)CNC(=O)OC(C)(C)C. The zero-order chi connectivity index (χ0) is 16.4.